The molecule has 0 saturated heterocycles. The van der Waals surface area contributed by atoms with E-state index in [9.17, 15) is 17.2 Å². The van der Waals surface area contributed by atoms with Crippen molar-refractivity contribution >= 4 is 15.7 Å². The van der Waals surface area contributed by atoms with E-state index in [0.717, 1.165) is 12.1 Å². The van der Waals surface area contributed by atoms with Crippen LogP contribution in [0.2, 0.25) is 0 Å². The van der Waals surface area contributed by atoms with Gasteiger partial charge in [-0.1, -0.05) is 0 Å². The van der Waals surface area contributed by atoms with Crippen molar-refractivity contribution < 1.29 is 21.6 Å². The van der Waals surface area contributed by atoms with Gasteiger partial charge in [0.2, 0.25) is 10.0 Å². The largest absolute Gasteiger partial charge is 0.472 e. The summed E-state index contributed by atoms with van der Waals surface area (Å²) in [7, 11) is -4.31. The van der Waals surface area contributed by atoms with Crippen molar-refractivity contribution in [3.63, 3.8) is 0 Å². The molecular formula is C11H10F2N2O3S. The predicted molar refractivity (Wildman–Crippen MR) is 63.5 cm³/mol. The van der Waals surface area contributed by atoms with E-state index in [1.54, 1.807) is 0 Å². The maximum absolute atomic E-state index is 13.5. The van der Waals surface area contributed by atoms with E-state index in [-0.39, 0.29) is 12.2 Å². The van der Waals surface area contributed by atoms with Crippen LogP contribution in [0.3, 0.4) is 0 Å². The fourth-order valence-electron chi connectivity index (χ4n) is 1.48. The highest BCUT2D eigenvalue weighted by atomic mass is 32.2. The van der Waals surface area contributed by atoms with Crippen LogP contribution >= 0.6 is 0 Å². The SMILES string of the molecule is Nc1cc(F)c(S(=O)(=O)NCc2ccoc2)c(F)c1. The number of halogens is 2. The Hall–Kier alpha value is -1.93. The Morgan fingerprint density at radius 3 is 2.42 bits per heavy atom. The number of furan rings is 1. The molecule has 1 aromatic heterocycles. The van der Waals surface area contributed by atoms with Crippen molar-refractivity contribution in [2.75, 3.05) is 5.73 Å². The molecule has 0 unspecified atom stereocenters. The van der Waals surface area contributed by atoms with E-state index in [4.69, 9.17) is 10.2 Å². The molecule has 3 N–H and O–H groups in total. The topological polar surface area (TPSA) is 85.3 Å². The number of nitrogen functional groups attached to an aromatic ring is 1. The summed E-state index contributed by atoms with van der Waals surface area (Å²) in [4.78, 5) is -1.05. The molecule has 5 nitrogen and oxygen atoms in total. The van der Waals surface area contributed by atoms with Gasteiger partial charge in [0.05, 0.1) is 12.5 Å². The number of nitrogens with one attached hydrogen (secondary N) is 1. The van der Waals surface area contributed by atoms with E-state index < -0.39 is 26.6 Å². The molecule has 0 aliphatic heterocycles. The van der Waals surface area contributed by atoms with Crippen LogP contribution in [0.1, 0.15) is 5.56 Å². The summed E-state index contributed by atoms with van der Waals surface area (Å²) in [6.07, 6.45) is 2.67. The monoisotopic (exact) mass is 288 g/mol. The Kier molecular flexibility index (Phi) is 3.54. The number of anilines is 1. The lowest BCUT2D eigenvalue weighted by molar-refractivity contribution is 0.514. The van der Waals surface area contributed by atoms with Gasteiger partial charge in [-0.2, -0.15) is 0 Å². The van der Waals surface area contributed by atoms with Gasteiger partial charge in [0.25, 0.3) is 0 Å². The standard InChI is InChI=1S/C11H10F2N2O3S/c12-9-3-8(14)4-10(13)11(9)19(16,17)15-5-7-1-2-18-6-7/h1-4,6,15H,5,14H2. The molecule has 8 heteroatoms. The van der Waals surface area contributed by atoms with Gasteiger partial charge in [-0.05, 0) is 18.2 Å². The van der Waals surface area contributed by atoms with E-state index in [2.05, 4.69) is 4.72 Å². The average molecular weight is 288 g/mol. The lowest BCUT2D eigenvalue weighted by Gasteiger charge is -2.08. The highest BCUT2D eigenvalue weighted by Crippen LogP contribution is 2.21. The lowest BCUT2D eigenvalue weighted by Crippen LogP contribution is -2.25. The summed E-state index contributed by atoms with van der Waals surface area (Å²) in [5.41, 5.74) is 5.55. The molecular weight excluding hydrogens is 278 g/mol. The second-order valence-corrected chi connectivity index (χ2v) is 5.47. The molecule has 1 aromatic carbocycles. The van der Waals surface area contributed by atoms with Gasteiger partial charge in [0.1, 0.15) is 11.6 Å². The summed E-state index contributed by atoms with van der Waals surface area (Å²) in [5, 5.41) is 0. The summed E-state index contributed by atoms with van der Waals surface area (Å²) in [5.74, 6) is -2.48. The normalized spacial score (nSPS) is 11.7. The zero-order chi connectivity index (χ0) is 14.0. The van der Waals surface area contributed by atoms with E-state index in [1.165, 1.54) is 18.6 Å². The second-order valence-electron chi connectivity index (χ2n) is 3.77. The highest BCUT2D eigenvalue weighted by Gasteiger charge is 2.24. The van der Waals surface area contributed by atoms with Gasteiger partial charge in [0.15, 0.2) is 4.90 Å². The van der Waals surface area contributed by atoms with E-state index in [1.807, 2.05) is 0 Å². The molecule has 102 valence electrons. The third-order valence-electron chi connectivity index (χ3n) is 2.34. The summed E-state index contributed by atoms with van der Waals surface area (Å²) in [6.45, 7) is -0.137. The Morgan fingerprint density at radius 1 is 1.26 bits per heavy atom. The first-order chi connectivity index (χ1) is 8.90. The minimum Gasteiger partial charge on any atom is -0.472 e. The van der Waals surface area contributed by atoms with Crippen LogP contribution in [0.15, 0.2) is 40.0 Å². The first kappa shape index (κ1) is 13.5. The number of sulfonamides is 1. The minimum atomic E-state index is -4.31. The molecule has 0 atom stereocenters. The van der Waals surface area contributed by atoms with Gasteiger partial charge in [-0.15, -0.1) is 0 Å². The number of hydrogen-bond acceptors (Lipinski definition) is 4. The molecule has 0 amide bonds. The molecule has 19 heavy (non-hydrogen) atoms. The van der Waals surface area contributed by atoms with Crippen molar-refractivity contribution in [3.8, 4) is 0 Å². The van der Waals surface area contributed by atoms with E-state index >= 15 is 0 Å². The van der Waals surface area contributed by atoms with Crippen molar-refractivity contribution in [1.82, 2.24) is 4.72 Å². The number of hydrogen-bond donors (Lipinski definition) is 2. The van der Waals surface area contributed by atoms with Gasteiger partial charge in [-0.3, -0.25) is 0 Å². The van der Waals surface area contributed by atoms with Crippen LogP contribution in [0, 0.1) is 11.6 Å². The van der Waals surface area contributed by atoms with Crippen LogP contribution in [-0.4, -0.2) is 8.42 Å². The fourth-order valence-corrected chi connectivity index (χ4v) is 2.61. The molecule has 0 spiro atoms. The third kappa shape index (κ3) is 2.91. The van der Waals surface area contributed by atoms with Crippen molar-refractivity contribution in [2.45, 2.75) is 11.4 Å². The van der Waals surface area contributed by atoms with Gasteiger partial charge < -0.3 is 10.2 Å². The zero-order valence-electron chi connectivity index (χ0n) is 9.56. The smallest absolute Gasteiger partial charge is 0.246 e. The Balaban J connectivity index is 2.29. The van der Waals surface area contributed by atoms with Crippen LogP contribution in [0.5, 0.6) is 0 Å². The Labute approximate surface area is 108 Å². The van der Waals surface area contributed by atoms with Gasteiger partial charge >= 0.3 is 0 Å². The molecule has 2 rings (SSSR count). The maximum Gasteiger partial charge on any atom is 0.246 e. The predicted octanol–water partition coefficient (Wildman–Crippen LogP) is 1.62. The Bertz CT molecular complexity index is 661. The van der Waals surface area contributed by atoms with Crippen LogP contribution in [0.4, 0.5) is 14.5 Å². The molecule has 0 fully saturated rings. The molecule has 1 heterocycles. The third-order valence-corrected chi connectivity index (χ3v) is 3.79. The minimum absolute atomic E-state index is 0.137. The summed E-state index contributed by atoms with van der Waals surface area (Å²) >= 11 is 0. The van der Waals surface area contributed by atoms with Crippen LogP contribution in [-0.2, 0) is 16.6 Å². The molecule has 0 saturated carbocycles. The number of benzene rings is 1. The molecule has 0 aliphatic carbocycles. The van der Waals surface area contributed by atoms with Gasteiger partial charge in [0, 0.05) is 17.8 Å². The number of nitrogens with two attached hydrogens (primary N) is 1. The highest BCUT2D eigenvalue weighted by molar-refractivity contribution is 7.89. The zero-order valence-corrected chi connectivity index (χ0v) is 10.4. The van der Waals surface area contributed by atoms with Crippen LogP contribution in [0.25, 0.3) is 0 Å². The first-order valence-corrected chi connectivity index (χ1v) is 6.64. The molecule has 2 aromatic rings. The van der Waals surface area contributed by atoms with Gasteiger partial charge in [-0.25, -0.2) is 21.9 Å². The first-order valence-electron chi connectivity index (χ1n) is 5.15. The fraction of sp³-hybridized carbons (Fsp3) is 0.0909. The molecule has 0 bridgehead atoms. The van der Waals surface area contributed by atoms with Crippen molar-refractivity contribution in [2.24, 2.45) is 0 Å². The van der Waals surface area contributed by atoms with Crippen LogP contribution < -0.4 is 10.5 Å². The van der Waals surface area contributed by atoms with E-state index in [0.29, 0.717) is 5.56 Å². The number of rotatable bonds is 4. The quantitative estimate of drug-likeness (QED) is 0.837. The Morgan fingerprint density at radius 2 is 1.89 bits per heavy atom. The van der Waals surface area contributed by atoms with Crippen molar-refractivity contribution in [1.29, 1.82) is 0 Å². The molecule has 0 aliphatic rings. The second kappa shape index (κ2) is 4.98. The molecule has 0 radical (unpaired) electrons. The average Bonchev–Trinajstić information content (AvgIpc) is 2.77. The summed E-state index contributed by atoms with van der Waals surface area (Å²) in [6, 6.07) is 3.02. The summed E-state index contributed by atoms with van der Waals surface area (Å²) < 4.78 is 57.5. The maximum atomic E-state index is 13.5. The lowest BCUT2D eigenvalue weighted by atomic mass is 10.3. The van der Waals surface area contributed by atoms with Crippen molar-refractivity contribution in [3.05, 3.63) is 47.9 Å².